The van der Waals surface area contributed by atoms with Gasteiger partial charge in [-0.25, -0.2) is 0 Å². The van der Waals surface area contributed by atoms with E-state index >= 15 is 0 Å². The number of likely N-dealkylation sites (N-methyl/N-ethyl adjacent to an activating group) is 1. The molecule has 0 spiro atoms. The van der Waals surface area contributed by atoms with Crippen LogP contribution in [0.15, 0.2) is 22.7 Å². The van der Waals surface area contributed by atoms with Crippen LogP contribution in [-0.2, 0) is 0 Å². The lowest BCUT2D eigenvalue weighted by molar-refractivity contribution is 0.232. The van der Waals surface area contributed by atoms with Gasteiger partial charge in [-0.3, -0.25) is 0 Å². The van der Waals surface area contributed by atoms with E-state index in [2.05, 4.69) is 27.9 Å². The molecule has 0 saturated heterocycles. The Kier molecular flexibility index (Phi) is 4.65. The van der Waals surface area contributed by atoms with Gasteiger partial charge in [0.15, 0.2) is 0 Å². The van der Waals surface area contributed by atoms with Gasteiger partial charge in [0.2, 0.25) is 0 Å². The van der Waals surface area contributed by atoms with Crippen molar-refractivity contribution in [3.8, 4) is 5.75 Å². The van der Waals surface area contributed by atoms with E-state index < -0.39 is 0 Å². The molecule has 0 aliphatic heterocycles. The summed E-state index contributed by atoms with van der Waals surface area (Å²) in [6.07, 6.45) is 2.68. The van der Waals surface area contributed by atoms with E-state index in [-0.39, 0.29) is 6.04 Å². The van der Waals surface area contributed by atoms with E-state index in [1.807, 2.05) is 25.1 Å². The molecule has 1 aliphatic carbocycles. The number of hydrogen-bond acceptors (Lipinski definition) is 3. The molecule has 0 aromatic heterocycles. The molecule has 0 bridgehead atoms. The van der Waals surface area contributed by atoms with Crippen molar-refractivity contribution in [2.24, 2.45) is 5.73 Å². The quantitative estimate of drug-likeness (QED) is 0.877. The van der Waals surface area contributed by atoms with E-state index in [4.69, 9.17) is 10.5 Å². The lowest BCUT2D eigenvalue weighted by Gasteiger charge is -2.16. The highest BCUT2D eigenvalue weighted by Crippen LogP contribution is 2.27. The third-order valence-electron chi connectivity index (χ3n) is 3.35. The third-order valence-corrected chi connectivity index (χ3v) is 4.03. The molecular weight excluding hydrogens is 292 g/mol. The first-order chi connectivity index (χ1) is 8.58. The molecule has 100 valence electrons. The highest BCUT2D eigenvalue weighted by Gasteiger charge is 2.25. The van der Waals surface area contributed by atoms with Crippen LogP contribution in [0.4, 0.5) is 0 Å². The van der Waals surface area contributed by atoms with Crippen molar-refractivity contribution in [3.05, 3.63) is 28.2 Å². The number of halogens is 1. The van der Waals surface area contributed by atoms with Crippen molar-refractivity contribution >= 4 is 15.9 Å². The van der Waals surface area contributed by atoms with Gasteiger partial charge in [-0.15, -0.1) is 0 Å². The van der Waals surface area contributed by atoms with Gasteiger partial charge in [0.05, 0.1) is 0 Å². The Balaban J connectivity index is 1.83. The summed E-state index contributed by atoms with van der Waals surface area (Å²) < 4.78 is 6.78. The van der Waals surface area contributed by atoms with Crippen molar-refractivity contribution in [1.29, 1.82) is 0 Å². The fourth-order valence-corrected chi connectivity index (χ4v) is 2.69. The normalized spacial score (nSPS) is 16.9. The molecule has 4 heteroatoms. The topological polar surface area (TPSA) is 38.5 Å². The van der Waals surface area contributed by atoms with Crippen LogP contribution >= 0.6 is 15.9 Å². The number of hydrogen-bond donors (Lipinski definition) is 1. The maximum atomic E-state index is 5.87. The summed E-state index contributed by atoms with van der Waals surface area (Å²) in [5.74, 6) is 0.899. The largest absolute Gasteiger partial charge is 0.492 e. The summed E-state index contributed by atoms with van der Waals surface area (Å²) in [7, 11) is 2.16. The van der Waals surface area contributed by atoms with E-state index in [0.29, 0.717) is 0 Å². The summed E-state index contributed by atoms with van der Waals surface area (Å²) in [5, 5.41) is 0. The first-order valence-corrected chi connectivity index (χ1v) is 7.25. The van der Waals surface area contributed by atoms with Gasteiger partial charge in [0, 0.05) is 23.1 Å². The molecule has 0 amide bonds. The summed E-state index contributed by atoms with van der Waals surface area (Å²) in [5.41, 5.74) is 6.98. The Morgan fingerprint density at radius 3 is 2.78 bits per heavy atom. The fourth-order valence-electron chi connectivity index (χ4n) is 1.97. The van der Waals surface area contributed by atoms with Crippen molar-refractivity contribution in [1.82, 2.24) is 4.90 Å². The predicted molar refractivity (Wildman–Crippen MR) is 77.9 cm³/mol. The molecule has 0 radical (unpaired) electrons. The van der Waals surface area contributed by atoms with Gasteiger partial charge in [0.1, 0.15) is 12.4 Å². The van der Waals surface area contributed by atoms with Gasteiger partial charge >= 0.3 is 0 Å². The van der Waals surface area contributed by atoms with Gasteiger partial charge in [0.25, 0.3) is 0 Å². The predicted octanol–water partition coefficient (Wildman–Crippen LogP) is 2.94. The van der Waals surface area contributed by atoms with Crippen molar-refractivity contribution < 1.29 is 4.74 Å². The Hall–Kier alpha value is -0.580. The molecule has 2 rings (SSSR count). The Labute approximate surface area is 117 Å². The molecule has 1 saturated carbocycles. The maximum Gasteiger partial charge on any atom is 0.120 e. The van der Waals surface area contributed by atoms with Gasteiger partial charge < -0.3 is 15.4 Å². The van der Waals surface area contributed by atoms with E-state index in [0.717, 1.165) is 35.0 Å². The van der Waals surface area contributed by atoms with Crippen molar-refractivity contribution in [2.75, 3.05) is 20.2 Å². The molecule has 0 heterocycles. The molecule has 1 aromatic carbocycles. The van der Waals surface area contributed by atoms with Crippen LogP contribution in [0.25, 0.3) is 0 Å². The number of nitrogens with zero attached hydrogens (tertiary/aromatic N) is 1. The van der Waals surface area contributed by atoms with Gasteiger partial charge in [-0.1, -0.05) is 22.0 Å². The van der Waals surface area contributed by atoms with Crippen LogP contribution in [0.3, 0.4) is 0 Å². The number of nitrogens with two attached hydrogens (primary N) is 1. The summed E-state index contributed by atoms with van der Waals surface area (Å²) in [6, 6.07) is 6.83. The van der Waals surface area contributed by atoms with E-state index in [1.165, 1.54) is 12.8 Å². The smallest absolute Gasteiger partial charge is 0.120 e. The van der Waals surface area contributed by atoms with Crippen LogP contribution in [0.1, 0.15) is 31.4 Å². The average molecular weight is 313 g/mol. The first kappa shape index (κ1) is 13.8. The summed E-state index contributed by atoms with van der Waals surface area (Å²) in [6.45, 7) is 3.69. The highest BCUT2D eigenvalue weighted by molar-refractivity contribution is 9.10. The number of rotatable bonds is 6. The van der Waals surface area contributed by atoms with Crippen LogP contribution in [0.2, 0.25) is 0 Å². The molecule has 18 heavy (non-hydrogen) atoms. The molecule has 2 N–H and O–H groups in total. The van der Waals surface area contributed by atoms with Crippen LogP contribution in [0.5, 0.6) is 5.75 Å². The summed E-state index contributed by atoms with van der Waals surface area (Å²) >= 11 is 3.53. The van der Waals surface area contributed by atoms with Crippen molar-refractivity contribution in [2.45, 2.75) is 31.8 Å². The summed E-state index contributed by atoms with van der Waals surface area (Å²) in [4.78, 5) is 2.37. The van der Waals surface area contributed by atoms with Crippen LogP contribution in [0, 0.1) is 0 Å². The standard InChI is InChI=1S/C14H21BrN2O/c1-10(16)13-6-5-12(9-14(13)15)18-8-7-17(2)11-3-4-11/h5-6,9-11H,3-4,7-8,16H2,1-2H3/t10-/m0/s1. The minimum atomic E-state index is 0.0365. The zero-order chi connectivity index (χ0) is 13.1. The SMILES string of the molecule is C[C@H](N)c1ccc(OCCN(C)C2CC2)cc1Br. The number of benzene rings is 1. The van der Waals surface area contributed by atoms with Crippen molar-refractivity contribution in [3.63, 3.8) is 0 Å². The number of ether oxygens (including phenoxy) is 1. The zero-order valence-electron chi connectivity index (χ0n) is 11.0. The Morgan fingerprint density at radius 2 is 2.22 bits per heavy atom. The van der Waals surface area contributed by atoms with E-state index in [1.54, 1.807) is 0 Å². The molecule has 1 aliphatic rings. The Morgan fingerprint density at radius 1 is 1.50 bits per heavy atom. The van der Waals surface area contributed by atoms with E-state index in [9.17, 15) is 0 Å². The minimum Gasteiger partial charge on any atom is -0.492 e. The molecule has 1 aromatic rings. The fraction of sp³-hybridized carbons (Fsp3) is 0.571. The van der Waals surface area contributed by atoms with Gasteiger partial charge in [-0.2, -0.15) is 0 Å². The lowest BCUT2D eigenvalue weighted by atomic mass is 10.1. The monoisotopic (exact) mass is 312 g/mol. The maximum absolute atomic E-state index is 5.87. The highest BCUT2D eigenvalue weighted by atomic mass is 79.9. The first-order valence-electron chi connectivity index (χ1n) is 6.46. The Bertz CT molecular complexity index is 405. The second-order valence-corrected chi connectivity index (χ2v) is 5.89. The second kappa shape index (κ2) is 6.04. The molecule has 1 atom stereocenters. The minimum absolute atomic E-state index is 0.0365. The van der Waals surface area contributed by atoms with Gasteiger partial charge in [-0.05, 0) is 44.5 Å². The van der Waals surface area contributed by atoms with Crippen LogP contribution < -0.4 is 10.5 Å². The molecule has 1 fully saturated rings. The third kappa shape index (κ3) is 3.70. The van der Waals surface area contributed by atoms with Crippen LogP contribution in [-0.4, -0.2) is 31.1 Å². The molecular formula is C14H21BrN2O. The second-order valence-electron chi connectivity index (χ2n) is 5.03. The average Bonchev–Trinajstić information content (AvgIpc) is 3.12. The molecule has 0 unspecified atom stereocenters. The zero-order valence-corrected chi connectivity index (χ0v) is 12.6. The molecule has 3 nitrogen and oxygen atoms in total. The lowest BCUT2D eigenvalue weighted by Crippen LogP contribution is -2.26.